The Balaban J connectivity index is 0. The van der Waals surface area contributed by atoms with Crippen molar-refractivity contribution in [1.82, 2.24) is 5.48 Å². The standard InChI is InChI=1S/C4H7NO5.Na/c1-2-9-3(6)5-10-4(7)8;/h2H2,1H3,(H,5,6)(H,7,8);/q;+1/p-1. The average Bonchev–Trinajstić information content (AvgIpc) is 1.85. The molecule has 0 aliphatic carbocycles. The Morgan fingerprint density at radius 1 is 1.55 bits per heavy atom. The Morgan fingerprint density at radius 2 is 2.09 bits per heavy atom. The van der Waals surface area contributed by atoms with E-state index in [0.717, 1.165) is 0 Å². The molecule has 0 aromatic heterocycles. The number of carbonyl (C=O) groups is 2. The Morgan fingerprint density at radius 3 is 2.45 bits per heavy atom. The first-order chi connectivity index (χ1) is 4.66. The molecular weight excluding hydrogens is 165 g/mol. The maximum Gasteiger partial charge on any atom is 1.00 e. The van der Waals surface area contributed by atoms with Gasteiger partial charge < -0.3 is 19.5 Å². The normalized spacial score (nSPS) is 7.36. The monoisotopic (exact) mass is 171 g/mol. The zero-order valence-electron chi connectivity index (χ0n) is 6.25. The fourth-order valence-corrected chi connectivity index (χ4v) is 0.244. The Kier molecular flexibility index (Phi) is 9.14. The quantitative estimate of drug-likeness (QED) is 0.321. The van der Waals surface area contributed by atoms with Crippen molar-refractivity contribution in [3.63, 3.8) is 0 Å². The first kappa shape index (κ1) is 13.2. The van der Waals surface area contributed by atoms with Gasteiger partial charge in [0.1, 0.15) is 0 Å². The third kappa shape index (κ3) is 9.54. The van der Waals surface area contributed by atoms with Crippen LogP contribution in [0.15, 0.2) is 0 Å². The molecule has 6 nitrogen and oxygen atoms in total. The van der Waals surface area contributed by atoms with Gasteiger partial charge >= 0.3 is 35.7 Å². The van der Waals surface area contributed by atoms with E-state index < -0.39 is 12.2 Å². The molecule has 0 saturated heterocycles. The molecule has 0 aliphatic rings. The van der Waals surface area contributed by atoms with Crippen molar-refractivity contribution in [1.29, 1.82) is 0 Å². The van der Waals surface area contributed by atoms with Crippen molar-refractivity contribution in [2.45, 2.75) is 6.92 Å². The number of nitrogens with one attached hydrogen (secondary N) is 1. The van der Waals surface area contributed by atoms with Gasteiger partial charge in [0.15, 0.2) is 0 Å². The summed E-state index contributed by atoms with van der Waals surface area (Å²) in [6, 6.07) is 0. The minimum Gasteiger partial charge on any atom is -0.449 e. The molecular formula is C4H6NNaO5. The summed E-state index contributed by atoms with van der Waals surface area (Å²) >= 11 is 0. The topological polar surface area (TPSA) is 87.7 Å². The van der Waals surface area contributed by atoms with Crippen LogP contribution < -0.4 is 40.1 Å². The van der Waals surface area contributed by atoms with Gasteiger partial charge in [-0.15, -0.1) is 0 Å². The SMILES string of the molecule is CCOC(=O)NOC(=O)[O-].[Na+]. The summed E-state index contributed by atoms with van der Waals surface area (Å²) in [4.78, 5) is 23.2. The van der Waals surface area contributed by atoms with Crippen molar-refractivity contribution in [2.24, 2.45) is 0 Å². The van der Waals surface area contributed by atoms with Crippen LogP contribution >= 0.6 is 0 Å². The third-order valence-corrected chi connectivity index (χ3v) is 0.493. The zero-order valence-corrected chi connectivity index (χ0v) is 8.25. The number of rotatable bonds is 1. The van der Waals surface area contributed by atoms with Crippen molar-refractivity contribution < 1.29 is 53.8 Å². The second-order valence-electron chi connectivity index (χ2n) is 1.17. The second-order valence-corrected chi connectivity index (χ2v) is 1.17. The average molecular weight is 171 g/mol. The van der Waals surface area contributed by atoms with Gasteiger partial charge in [0.25, 0.3) is 6.16 Å². The molecule has 11 heavy (non-hydrogen) atoms. The number of carbonyl (C=O) groups excluding carboxylic acids is 2. The van der Waals surface area contributed by atoms with Gasteiger partial charge in [-0.3, -0.25) is 0 Å². The number of carboxylic acid groups (broad SMARTS) is 1. The molecule has 0 radical (unpaired) electrons. The van der Waals surface area contributed by atoms with Crippen LogP contribution in [0.4, 0.5) is 9.59 Å². The van der Waals surface area contributed by atoms with Crippen LogP contribution in [0, 0.1) is 0 Å². The van der Waals surface area contributed by atoms with Crippen LogP contribution in [0.5, 0.6) is 0 Å². The fourth-order valence-electron chi connectivity index (χ4n) is 0.244. The van der Waals surface area contributed by atoms with Crippen LogP contribution in [-0.4, -0.2) is 18.9 Å². The van der Waals surface area contributed by atoms with Crippen molar-refractivity contribution in [3.05, 3.63) is 0 Å². The molecule has 0 spiro atoms. The molecule has 0 aromatic rings. The molecule has 0 bridgehead atoms. The van der Waals surface area contributed by atoms with Gasteiger partial charge in [0, 0.05) is 0 Å². The van der Waals surface area contributed by atoms with Crippen LogP contribution in [0.25, 0.3) is 0 Å². The minimum absolute atomic E-state index is 0. The number of amides is 1. The van der Waals surface area contributed by atoms with Gasteiger partial charge in [0.2, 0.25) is 0 Å². The van der Waals surface area contributed by atoms with Crippen LogP contribution in [0.1, 0.15) is 6.92 Å². The van der Waals surface area contributed by atoms with E-state index in [-0.39, 0.29) is 36.2 Å². The number of hydrogen-bond donors (Lipinski definition) is 1. The van der Waals surface area contributed by atoms with E-state index in [1.165, 1.54) is 5.48 Å². The summed E-state index contributed by atoms with van der Waals surface area (Å²) in [5.41, 5.74) is 1.46. The predicted octanol–water partition coefficient (Wildman–Crippen LogP) is -3.99. The molecule has 0 unspecified atom stereocenters. The van der Waals surface area contributed by atoms with E-state index >= 15 is 0 Å². The van der Waals surface area contributed by atoms with Crippen molar-refractivity contribution >= 4 is 12.2 Å². The van der Waals surface area contributed by atoms with Crippen molar-refractivity contribution in [3.8, 4) is 0 Å². The summed E-state index contributed by atoms with van der Waals surface area (Å²) < 4.78 is 4.23. The molecule has 0 heterocycles. The van der Waals surface area contributed by atoms with Crippen LogP contribution in [0.2, 0.25) is 0 Å². The summed E-state index contributed by atoms with van der Waals surface area (Å²) in [7, 11) is 0. The fraction of sp³-hybridized carbons (Fsp3) is 0.500. The second kappa shape index (κ2) is 7.64. The molecule has 1 amide bonds. The van der Waals surface area contributed by atoms with E-state index in [1.54, 1.807) is 6.92 Å². The van der Waals surface area contributed by atoms with Gasteiger partial charge in [-0.05, 0) is 6.92 Å². The molecule has 0 aromatic carbocycles. The molecule has 0 saturated carbocycles. The predicted molar refractivity (Wildman–Crippen MR) is 26.6 cm³/mol. The van der Waals surface area contributed by atoms with E-state index in [1.807, 2.05) is 0 Å². The molecule has 0 atom stereocenters. The van der Waals surface area contributed by atoms with Crippen LogP contribution in [0.3, 0.4) is 0 Å². The maximum atomic E-state index is 10.2. The van der Waals surface area contributed by atoms with Gasteiger partial charge in [0.05, 0.1) is 6.61 Å². The first-order valence-electron chi connectivity index (χ1n) is 2.47. The van der Waals surface area contributed by atoms with E-state index in [4.69, 9.17) is 0 Å². The molecule has 7 heteroatoms. The van der Waals surface area contributed by atoms with Gasteiger partial charge in [-0.2, -0.15) is 0 Å². The number of hydroxylamine groups is 1. The van der Waals surface area contributed by atoms with Crippen molar-refractivity contribution in [2.75, 3.05) is 6.61 Å². The smallest absolute Gasteiger partial charge is 0.449 e. The summed E-state index contributed by atoms with van der Waals surface area (Å²) in [6.07, 6.45) is -2.81. The first-order valence-corrected chi connectivity index (χ1v) is 2.47. The zero-order chi connectivity index (χ0) is 7.98. The number of ether oxygens (including phenoxy) is 1. The summed E-state index contributed by atoms with van der Waals surface area (Å²) in [5, 5.41) is 9.50. The molecule has 1 N–H and O–H groups in total. The minimum atomic E-state index is -1.84. The Bertz CT molecular complexity index is 138. The number of hydrogen-bond acceptors (Lipinski definition) is 5. The van der Waals surface area contributed by atoms with Crippen LogP contribution in [-0.2, 0) is 9.57 Å². The summed E-state index contributed by atoms with van der Waals surface area (Å²) in [5.74, 6) is 0. The Hall–Kier alpha value is -0.460. The maximum absolute atomic E-state index is 10.2. The molecule has 0 fully saturated rings. The molecule has 0 rings (SSSR count). The largest absolute Gasteiger partial charge is 1.00 e. The molecule has 58 valence electrons. The van der Waals surface area contributed by atoms with Gasteiger partial charge in [-0.25, -0.2) is 10.3 Å². The van der Waals surface area contributed by atoms with E-state index in [9.17, 15) is 14.7 Å². The Labute approximate surface area is 85.1 Å². The van der Waals surface area contributed by atoms with Gasteiger partial charge in [-0.1, -0.05) is 0 Å². The summed E-state index contributed by atoms with van der Waals surface area (Å²) in [6.45, 7) is 1.71. The third-order valence-electron chi connectivity index (χ3n) is 0.493. The molecule has 0 aliphatic heterocycles. The van der Waals surface area contributed by atoms with E-state index in [2.05, 4.69) is 9.57 Å². The van der Waals surface area contributed by atoms with E-state index in [0.29, 0.717) is 0 Å².